The number of hydrogen-bond donors (Lipinski definition) is 1. The van der Waals surface area contributed by atoms with E-state index in [0.29, 0.717) is 0 Å². The van der Waals surface area contributed by atoms with Gasteiger partial charge in [-0.05, 0) is 17.7 Å². The molecule has 0 amide bonds. The second-order valence-electron chi connectivity index (χ2n) is 1.98. The van der Waals surface area contributed by atoms with E-state index in [1.54, 1.807) is 6.07 Å². The summed E-state index contributed by atoms with van der Waals surface area (Å²) in [6, 6.07) is 2.74. The Hall–Kier alpha value is -1.60. The fraction of sp³-hybridized carbons (Fsp3) is 0. The van der Waals surface area contributed by atoms with Gasteiger partial charge in [-0.25, -0.2) is 4.98 Å². The van der Waals surface area contributed by atoms with Gasteiger partial charge < -0.3 is 5.11 Å². The smallest absolute Gasteiger partial charge is 0.254 e. The van der Waals surface area contributed by atoms with E-state index in [1.807, 2.05) is 0 Å². The van der Waals surface area contributed by atoms with Crippen molar-refractivity contribution in [3.05, 3.63) is 23.5 Å². The highest BCUT2D eigenvalue weighted by atomic mass is 35.5. The molecule has 0 radical (unpaired) electrons. The van der Waals surface area contributed by atoms with Crippen LogP contribution < -0.4 is 0 Å². The van der Waals surface area contributed by atoms with Crippen LogP contribution >= 0.6 is 11.6 Å². The van der Waals surface area contributed by atoms with E-state index in [9.17, 15) is 4.79 Å². The summed E-state index contributed by atoms with van der Waals surface area (Å²) in [6.07, 6.45) is 1.13. The van der Waals surface area contributed by atoms with Crippen LogP contribution in [0.3, 0.4) is 0 Å². The van der Waals surface area contributed by atoms with Gasteiger partial charge in [0.15, 0.2) is 11.4 Å². The number of rotatable bonds is 1. The monoisotopic (exact) mass is 182 g/mol. The lowest BCUT2D eigenvalue weighted by Crippen LogP contribution is -1.92. The van der Waals surface area contributed by atoms with Crippen molar-refractivity contribution in [2.45, 2.75) is 0 Å². The van der Waals surface area contributed by atoms with Crippen molar-refractivity contribution in [2.75, 3.05) is 0 Å². The van der Waals surface area contributed by atoms with E-state index >= 15 is 0 Å². The summed E-state index contributed by atoms with van der Waals surface area (Å²) in [6.45, 7) is 0. The third-order valence-electron chi connectivity index (χ3n) is 1.20. The van der Waals surface area contributed by atoms with E-state index in [2.05, 4.69) is 4.98 Å². The molecule has 0 atom stereocenters. The Labute approximate surface area is 73.0 Å². The molecule has 1 rings (SSSR count). The Balaban J connectivity index is 3.21. The first-order valence-electron chi connectivity index (χ1n) is 2.94. The maximum Gasteiger partial charge on any atom is 0.254 e. The lowest BCUT2D eigenvalue weighted by molar-refractivity contribution is 0.108. The van der Waals surface area contributed by atoms with Crippen LogP contribution in [0.5, 0.6) is 5.75 Å². The Morgan fingerprint density at radius 1 is 1.75 bits per heavy atom. The number of hydrogen-bond acceptors (Lipinski definition) is 4. The molecule has 0 aliphatic heterocycles. The molecule has 0 saturated heterocycles. The number of pyridine rings is 1. The molecule has 0 unspecified atom stereocenters. The molecule has 4 nitrogen and oxygen atoms in total. The summed E-state index contributed by atoms with van der Waals surface area (Å²) in [7, 11) is 0. The molecule has 12 heavy (non-hydrogen) atoms. The molecule has 1 N–H and O–H groups in total. The number of nitrogens with zero attached hydrogens (tertiary/aromatic N) is 2. The Morgan fingerprint density at radius 2 is 2.42 bits per heavy atom. The largest absolute Gasteiger partial charge is 0.505 e. The molecule has 5 heteroatoms. The zero-order valence-electron chi connectivity index (χ0n) is 5.78. The van der Waals surface area contributed by atoms with Crippen molar-refractivity contribution < 1.29 is 9.90 Å². The molecule has 0 saturated carbocycles. The average Bonchev–Trinajstić information content (AvgIpc) is 2.04. The van der Waals surface area contributed by atoms with Crippen LogP contribution in [0.2, 0.25) is 0 Å². The van der Waals surface area contributed by atoms with Crippen LogP contribution in [0.4, 0.5) is 0 Å². The van der Waals surface area contributed by atoms with Crippen LogP contribution in [-0.2, 0) is 0 Å². The summed E-state index contributed by atoms with van der Waals surface area (Å²) in [5.74, 6) is -0.344. The standard InChI is InChI=1S/C7H3ClN2O2/c8-7(12)4-1-6(11)5(2-9)10-3-4/h1,3,11H. The second-order valence-corrected chi connectivity index (χ2v) is 2.32. The highest BCUT2D eigenvalue weighted by Gasteiger charge is 2.06. The number of aromatic hydroxyl groups is 1. The fourth-order valence-corrected chi connectivity index (χ4v) is 0.750. The molecule has 0 aromatic carbocycles. The van der Waals surface area contributed by atoms with Crippen molar-refractivity contribution in [2.24, 2.45) is 0 Å². The first-order valence-corrected chi connectivity index (χ1v) is 3.32. The number of nitriles is 1. The molecule has 1 aromatic heterocycles. The van der Waals surface area contributed by atoms with Crippen LogP contribution in [0.15, 0.2) is 12.3 Å². The topological polar surface area (TPSA) is 74.0 Å². The average molecular weight is 183 g/mol. The number of carbonyl (C=O) groups is 1. The molecule has 0 aliphatic rings. The molecule has 0 spiro atoms. The molecule has 0 aliphatic carbocycles. The zero-order chi connectivity index (χ0) is 9.14. The van der Waals surface area contributed by atoms with Gasteiger partial charge in [-0.1, -0.05) is 0 Å². The molecule has 0 bridgehead atoms. The predicted octanol–water partition coefficient (Wildman–Crippen LogP) is 1.04. The number of halogens is 1. The van der Waals surface area contributed by atoms with Crippen molar-refractivity contribution in [3.63, 3.8) is 0 Å². The van der Waals surface area contributed by atoms with E-state index in [0.717, 1.165) is 12.3 Å². The molecule has 1 aromatic rings. The van der Waals surface area contributed by atoms with Gasteiger partial charge in [-0.2, -0.15) is 5.26 Å². The fourth-order valence-electron chi connectivity index (χ4n) is 0.647. The highest BCUT2D eigenvalue weighted by Crippen LogP contribution is 2.15. The normalized spacial score (nSPS) is 9.00. The summed E-state index contributed by atoms with van der Waals surface area (Å²) >= 11 is 5.10. The SMILES string of the molecule is N#Cc1ncc(C(=O)Cl)cc1O. The molecule has 1 heterocycles. The van der Waals surface area contributed by atoms with Gasteiger partial charge in [-0.3, -0.25) is 4.79 Å². The first kappa shape index (κ1) is 8.50. The van der Waals surface area contributed by atoms with E-state index in [1.165, 1.54) is 0 Å². The molecular weight excluding hydrogens is 180 g/mol. The van der Waals surface area contributed by atoms with E-state index in [-0.39, 0.29) is 17.0 Å². The lowest BCUT2D eigenvalue weighted by Gasteiger charge is -1.95. The van der Waals surface area contributed by atoms with Gasteiger partial charge in [0.25, 0.3) is 5.24 Å². The van der Waals surface area contributed by atoms with E-state index in [4.69, 9.17) is 22.0 Å². The Morgan fingerprint density at radius 3 is 2.83 bits per heavy atom. The van der Waals surface area contributed by atoms with Crippen molar-refractivity contribution in [1.82, 2.24) is 4.98 Å². The maximum atomic E-state index is 10.5. The summed E-state index contributed by atoms with van der Waals surface area (Å²) in [5, 5.41) is 16.7. The number of carbonyl (C=O) groups excluding carboxylic acids is 1. The quantitative estimate of drug-likeness (QED) is 0.659. The summed E-state index contributed by atoms with van der Waals surface area (Å²) in [4.78, 5) is 14.0. The summed E-state index contributed by atoms with van der Waals surface area (Å²) < 4.78 is 0. The third-order valence-corrected chi connectivity index (χ3v) is 1.42. The lowest BCUT2D eigenvalue weighted by atomic mass is 10.2. The van der Waals surface area contributed by atoms with Crippen LogP contribution in [0, 0.1) is 11.3 Å². The minimum atomic E-state index is -0.720. The minimum absolute atomic E-state index is 0.0631. The van der Waals surface area contributed by atoms with Gasteiger partial charge in [0.1, 0.15) is 6.07 Å². The van der Waals surface area contributed by atoms with Crippen LogP contribution in [0.25, 0.3) is 0 Å². The second kappa shape index (κ2) is 3.20. The van der Waals surface area contributed by atoms with Crippen molar-refractivity contribution >= 4 is 16.8 Å². The predicted molar refractivity (Wildman–Crippen MR) is 40.8 cm³/mol. The van der Waals surface area contributed by atoms with Gasteiger partial charge in [0, 0.05) is 6.20 Å². The van der Waals surface area contributed by atoms with E-state index < -0.39 is 5.24 Å². The minimum Gasteiger partial charge on any atom is -0.505 e. The first-order chi connectivity index (χ1) is 5.65. The van der Waals surface area contributed by atoms with Crippen molar-refractivity contribution in [1.29, 1.82) is 5.26 Å². The number of aromatic nitrogens is 1. The summed E-state index contributed by atoms with van der Waals surface area (Å²) in [5.41, 5.74) is -0.0650. The highest BCUT2D eigenvalue weighted by molar-refractivity contribution is 6.67. The van der Waals surface area contributed by atoms with Gasteiger partial charge in [0.2, 0.25) is 0 Å². The van der Waals surface area contributed by atoms with Gasteiger partial charge in [-0.15, -0.1) is 0 Å². The molecular formula is C7H3ClN2O2. The van der Waals surface area contributed by atoms with Gasteiger partial charge in [0.05, 0.1) is 5.56 Å². The maximum absolute atomic E-state index is 10.5. The molecule has 60 valence electrons. The zero-order valence-corrected chi connectivity index (χ0v) is 6.54. The Kier molecular flexibility index (Phi) is 2.26. The van der Waals surface area contributed by atoms with Crippen LogP contribution in [-0.4, -0.2) is 15.3 Å². The van der Waals surface area contributed by atoms with Crippen LogP contribution in [0.1, 0.15) is 16.1 Å². The molecule has 0 fully saturated rings. The third kappa shape index (κ3) is 1.52. The Bertz CT molecular complexity index is 370. The van der Waals surface area contributed by atoms with Crippen molar-refractivity contribution in [3.8, 4) is 11.8 Å². The van der Waals surface area contributed by atoms with Gasteiger partial charge >= 0.3 is 0 Å².